The van der Waals surface area contributed by atoms with Crippen LogP contribution in [0.5, 0.6) is 0 Å². The molecule has 1 saturated carbocycles. The lowest BCUT2D eigenvalue weighted by molar-refractivity contribution is 0.504. The van der Waals surface area contributed by atoms with Crippen LogP contribution in [0, 0.1) is 5.92 Å². The molecule has 2 rings (SSSR count). The van der Waals surface area contributed by atoms with Crippen molar-refractivity contribution in [3.8, 4) is 0 Å². The van der Waals surface area contributed by atoms with Crippen LogP contribution in [0.3, 0.4) is 0 Å². The van der Waals surface area contributed by atoms with E-state index >= 15 is 0 Å². The highest BCUT2D eigenvalue weighted by Gasteiger charge is 2.23. The Balaban J connectivity index is 1.84. The number of rotatable bonds is 4. The van der Waals surface area contributed by atoms with Crippen molar-refractivity contribution in [2.45, 2.75) is 69.5 Å². The van der Waals surface area contributed by atoms with Gasteiger partial charge in [0.25, 0.3) is 0 Å². The molecule has 1 unspecified atom stereocenters. The SMILES string of the molecule is CC(C)(C)c1csc(CCC(Br)C2CCCC2)n1. The maximum atomic E-state index is 4.78. The third-order valence-corrected chi connectivity index (χ3v) is 5.98. The van der Waals surface area contributed by atoms with Gasteiger partial charge in [-0.2, -0.15) is 0 Å². The minimum absolute atomic E-state index is 0.188. The summed E-state index contributed by atoms with van der Waals surface area (Å²) in [6.45, 7) is 6.70. The van der Waals surface area contributed by atoms with E-state index in [-0.39, 0.29) is 5.41 Å². The third-order valence-electron chi connectivity index (χ3n) is 3.87. The quantitative estimate of drug-likeness (QED) is 0.680. The van der Waals surface area contributed by atoms with E-state index in [4.69, 9.17) is 4.98 Å². The first kappa shape index (κ1) is 14.5. The molecule has 1 heterocycles. The Labute approximate surface area is 124 Å². The Kier molecular flexibility index (Phi) is 4.87. The molecule has 1 aromatic heterocycles. The van der Waals surface area contributed by atoms with Gasteiger partial charge in [0.15, 0.2) is 0 Å². The lowest BCUT2D eigenvalue weighted by atomic mass is 9.93. The van der Waals surface area contributed by atoms with Crippen molar-refractivity contribution in [1.82, 2.24) is 4.98 Å². The zero-order valence-corrected chi connectivity index (χ0v) is 14.1. The molecule has 0 bridgehead atoms. The van der Waals surface area contributed by atoms with Crippen LogP contribution >= 0.6 is 27.3 Å². The number of aromatic nitrogens is 1. The first-order valence-corrected chi connectivity index (χ1v) is 8.85. The summed E-state index contributed by atoms with van der Waals surface area (Å²) < 4.78 is 0. The molecule has 0 spiro atoms. The van der Waals surface area contributed by atoms with Crippen molar-refractivity contribution >= 4 is 27.3 Å². The molecule has 0 amide bonds. The molecule has 1 aromatic rings. The molecule has 3 heteroatoms. The summed E-state index contributed by atoms with van der Waals surface area (Å²) in [5, 5.41) is 3.54. The van der Waals surface area contributed by atoms with Gasteiger partial charge in [-0.05, 0) is 25.2 Å². The fraction of sp³-hybridized carbons (Fsp3) is 0.800. The van der Waals surface area contributed by atoms with Crippen molar-refractivity contribution in [2.75, 3.05) is 0 Å². The number of aryl methyl sites for hydroxylation is 1. The van der Waals surface area contributed by atoms with E-state index in [2.05, 4.69) is 42.1 Å². The van der Waals surface area contributed by atoms with Gasteiger partial charge in [-0.25, -0.2) is 4.98 Å². The number of alkyl halides is 1. The van der Waals surface area contributed by atoms with E-state index in [9.17, 15) is 0 Å². The summed E-state index contributed by atoms with van der Waals surface area (Å²) >= 11 is 5.71. The lowest BCUT2D eigenvalue weighted by Gasteiger charge is -2.16. The van der Waals surface area contributed by atoms with Crippen LogP contribution in [0.25, 0.3) is 0 Å². The zero-order chi connectivity index (χ0) is 13.2. The fourth-order valence-corrected chi connectivity index (χ4v) is 4.38. The third kappa shape index (κ3) is 3.80. The van der Waals surface area contributed by atoms with Gasteiger partial charge in [0.2, 0.25) is 0 Å². The van der Waals surface area contributed by atoms with Crippen LogP contribution in [-0.4, -0.2) is 9.81 Å². The topological polar surface area (TPSA) is 12.9 Å². The van der Waals surface area contributed by atoms with E-state index in [1.807, 2.05) is 11.3 Å². The molecule has 18 heavy (non-hydrogen) atoms. The van der Waals surface area contributed by atoms with Crippen molar-refractivity contribution in [3.63, 3.8) is 0 Å². The predicted molar refractivity (Wildman–Crippen MR) is 83.8 cm³/mol. The molecule has 1 fully saturated rings. The number of halogens is 1. The summed E-state index contributed by atoms with van der Waals surface area (Å²) in [6, 6.07) is 0. The van der Waals surface area contributed by atoms with Gasteiger partial charge in [-0.3, -0.25) is 0 Å². The first-order valence-electron chi connectivity index (χ1n) is 7.06. The summed E-state index contributed by atoms with van der Waals surface area (Å²) in [7, 11) is 0. The Morgan fingerprint density at radius 3 is 2.61 bits per heavy atom. The molecule has 1 aliphatic carbocycles. The standard InChI is InChI=1S/C15H24BrNS/c1-15(2,3)13-10-18-14(17-13)9-8-12(16)11-6-4-5-7-11/h10-12H,4-9H2,1-3H3. The Hall–Kier alpha value is 0.110. The first-order chi connectivity index (χ1) is 8.47. The van der Waals surface area contributed by atoms with E-state index < -0.39 is 0 Å². The molecule has 0 aromatic carbocycles. The molecule has 102 valence electrons. The molecule has 0 saturated heterocycles. The van der Waals surface area contributed by atoms with E-state index in [1.54, 1.807) is 0 Å². The van der Waals surface area contributed by atoms with Crippen LogP contribution in [0.4, 0.5) is 0 Å². The number of hydrogen-bond donors (Lipinski definition) is 0. The molecular weight excluding hydrogens is 306 g/mol. The van der Waals surface area contributed by atoms with Gasteiger partial charge in [-0.1, -0.05) is 49.5 Å². The normalized spacial score (nSPS) is 19.3. The molecule has 1 atom stereocenters. The number of hydrogen-bond acceptors (Lipinski definition) is 2. The average molecular weight is 330 g/mol. The zero-order valence-electron chi connectivity index (χ0n) is 11.7. The van der Waals surface area contributed by atoms with Crippen molar-refractivity contribution in [2.24, 2.45) is 5.92 Å². The largest absolute Gasteiger partial charge is 0.246 e. The highest BCUT2D eigenvalue weighted by atomic mass is 79.9. The smallest absolute Gasteiger partial charge is 0.0928 e. The van der Waals surface area contributed by atoms with Crippen molar-refractivity contribution < 1.29 is 0 Å². The summed E-state index contributed by atoms with van der Waals surface area (Å²) in [6.07, 6.45) is 8.06. The minimum atomic E-state index is 0.188. The molecule has 0 radical (unpaired) electrons. The van der Waals surface area contributed by atoms with Gasteiger partial charge in [0, 0.05) is 22.0 Å². The van der Waals surface area contributed by atoms with Gasteiger partial charge in [0.05, 0.1) is 10.7 Å². The van der Waals surface area contributed by atoms with Gasteiger partial charge in [-0.15, -0.1) is 11.3 Å². The lowest BCUT2D eigenvalue weighted by Crippen LogP contribution is -2.13. The van der Waals surface area contributed by atoms with E-state index in [0.717, 1.165) is 12.3 Å². The van der Waals surface area contributed by atoms with Gasteiger partial charge in [0.1, 0.15) is 0 Å². The van der Waals surface area contributed by atoms with E-state index in [0.29, 0.717) is 4.83 Å². The van der Waals surface area contributed by atoms with Crippen LogP contribution < -0.4 is 0 Å². The second kappa shape index (κ2) is 6.04. The second-order valence-corrected chi connectivity index (χ2v) is 8.59. The maximum Gasteiger partial charge on any atom is 0.0928 e. The highest BCUT2D eigenvalue weighted by molar-refractivity contribution is 9.09. The molecule has 0 aliphatic heterocycles. The second-order valence-electron chi connectivity index (χ2n) is 6.48. The van der Waals surface area contributed by atoms with Gasteiger partial charge >= 0.3 is 0 Å². The van der Waals surface area contributed by atoms with Crippen LogP contribution in [0.2, 0.25) is 0 Å². The monoisotopic (exact) mass is 329 g/mol. The van der Waals surface area contributed by atoms with Crippen molar-refractivity contribution in [1.29, 1.82) is 0 Å². The number of nitrogens with zero attached hydrogens (tertiary/aromatic N) is 1. The molecule has 1 aliphatic rings. The average Bonchev–Trinajstić information content (AvgIpc) is 2.96. The Morgan fingerprint density at radius 2 is 2.06 bits per heavy atom. The predicted octanol–water partition coefficient (Wildman–Crippen LogP) is 5.33. The molecular formula is C15H24BrNS. The number of thiazole rings is 1. The van der Waals surface area contributed by atoms with Crippen molar-refractivity contribution in [3.05, 3.63) is 16.1 Å². The Bertz CT molecular complexity index is 374. The highest BCUT2D eigenvalue weighted by Crippen LogP contribution is 2.34. The van der Waals surface area contributed by atoms with Crippen LogP contribution in [0.1, 0.15) is 63.6 Å². The molecule has 0 N–H and O–H groups in total. The van der Waals surface area contributed by atoms with E-state index in [1.165, 1.54) is 42.8 Å². The van der Waals surface area contributed by atoms with Crippen LogP contribution in [0.15, 0.2) is 5.38 Å². The van der Waals surface area contributed by atoms with Crippen LogP contribution in [-0.2, 0) is 11.8 Å². The Morgan fingerprint density at radius 1 is 1.39 bits per heavy atom. The fourth-order valence-electron chi connectivity index (χ4n) is 2.59. The minimum Gasteiger partial charge on any atom is -0.246 e. The van der Waals surface area contributed by atoms with Gasteiger partial charge < -0.3 is 0 Å². The maximum absolute atomic E-state index is 4.78. The summed E-state index contributed by atoms with van der Waals surface area (Å²) in [5.41, 5.74) is 1.43. The molecule has 1 nitrogen and oxygen atoms in total. The summed E-state index contributed by atoms with van der Waals surface area (Å²) in [4.78, 5) is 5.47. The summed E-state index contributed by atoms with van der Waals surface area (Å²) in [5.74, 6) is 0.909.